The Morgan fingerprint density at radius 3 is 2.07 bits per heavy atom. The van der Waals surface area contributed by atoms with Crippen LogP contribution in [0.4, 0.5) is 0 Å². The van der Waals surface area contributed by atoms with E-state index in [1.54, 1.807) is 0 Å². The van der Waals surface area contributed by atoms with Crippen LogP contribution in [0.2, 0.25) is 0 Å². The third kappa shape index (κ3) is 12.8. The van der Waals surface area contributed by atoms with Crippen molar-refractivity contribution in [1.82, 2.24) is 31.6 Å². The van der Waals surface area contributed by atoms with Gasteiger partial charge in [-0.1, -0.05) is 12.1 Å². The summed E-state index contributed by atoms with van der Waals surface area (Å²) in [5, 5.41) is 25.2. The van der Waals surface area contributed by atoms with E-state index in [2.05, 4.69) is 31.6 Å². The average Bonchev–Trinajstić information content (AvgIpc) is 3.50. The van der Waals surface area contributed by atoms with Gasteiger partial charge in [0.15, 0.2) is 0 Å². The summed E-state index contributed by atoms with van der Waals surface area (Å²) in [4.78, 5) is 53.5. The van der Waals surface area contributed by atoms with Crippen LogP contribution in [-0.4, -0.2) is 79.1 Å². The molecule has 4 rings (SSSR count). The number of carbonyl (C=O) groups is 4. The zero-order valence-corrected chi connectivity index (χ0v) is 27.5. The van der Waals surface area contributed by atoms with Gasteiger partial charge in [0.05, 0.1) is 13.0 Å². The van der Waals surface area contributed by atoms with E-state index < -0.39 is 30.2 Å². The summed E-state index contributed by atoms with van der Waals surface area (Å²) in [5.41, 5.74) is 2.05. The van der Waals surface area contributed by atoms with Crippen LogP contribution < -0.4 is 26.6 Å². The minimum atomic E-state index is -1.24. The van der Waals surface area contributed by atoms with Crippen LogP contribution in [0.5, 0.6) is 0 Å². The number of aromatic nitrogens is 1. The van der Waals surface area contributed by atoms with Gasteiger partial charge in [0.1, 0.15) is 6.04 Å². The highest BCUT2D eigenvalue weighted by atomic mass is 35.5. The van der Waals surface area contributed by atoms with E-state index in [9.17, 15) is 24.3 Å². The Bertz CT molecular complexity index is 1190. The van der Waals surface area contributed by atoms with Gasteiger partial charge >= 0.3 is 5.97 Å². The number of carboxylic acids is 1. The van der Waals surface area contributed by atoms with E-state index in [1.807, 2.05) is 30.5 Å². The van der Waals surface area contributed by atoms with Gasteiger partial charge < -0.3 is 36.7 Å². The van der Waals surface area contributed by atoms with Gasteiger partial charge in [0, 0.05) is 29.6 Å². The highest BCUT2D eigenvalue weighted by Crippen LogP contribution is 2.27. The quantitative estimate of drug-likeness (QED) is 0.145. The molecule has 2 aromatic rings. The molecule has 0 spiro atoms. The maximum Gasteiger partial charge on any atom is 0.305 e. The van der Waals surface area contributed by atoms with Crippen LogP contribution in [0, 0.1) is 17.8 Å². The first kappa shape index (κ1) is 38.3. The number of fused-ring (bicyclic) bond motifs is 1. The van der Waals surface area contributed by atoms with E-state index in [0.29, 0.717) is 24.8 Å². The van der Waals surface area contributed by atoms with Gasteiger partial charge in [-0.05, 0) is 113 Å². The van der Waals surface area contributed by atoms with Crippen molar-refractivity contribution in [2.75, 3.05) is 39.3 Å². The Hall–Kier alpha value is -2.86. The van der Waals surface area contributed by atoms with Crippen LogP contribution in [0.25, 0.3) is 10.9 Å². The van der Waals surface area contributed by atoms with Crippen molar-refractivity contribution in [3.8, 4) is 0 Å². The number of carboxylic acid groups (broad SMARTS) is 1. The lowest BCUT2D eigenvalue weighted by atomic mass is 9.84. The van der Waals surface area contributed by atoms with Gasteiger partial charge in [-0.3, -0.25) is 19.2 Å². The Labute approximate surface area is 278 Å². The molecule has 11 nitrogen and oxygen atoms in total. The second-order valence-electron chi connectivity index (χ2n) is 12.1. The summed E-state index contributed by atoms with van der Waals surface area (Å²) in [5.74, 6) is -1.42. The molecule has 0 radical (unpaired) electrons. The standard InChI is InChI=1S/C32H48N6O5.2ClH/c39-29(38-28(20-30(40)41)32(43)36-18-12-24-2-1-3-27-26(24)13-19-35-27)21-37-31(42)25(6-4-22-8-14-33-15-9-22)7-5-23-10-16-34-17-11-23;;/h1-3,13,19,22-23,25,28,33-35H,4-12,14-18,20-21H2,(H,36,43)(H,37,42)(H,38,39)(H,40,41);2*1H/t28-;;/m0../s1. The average molecular weight is 670 g/mol. The third-order valence-electron chi connectivity index (χ3n) is 8.97. The largest absolute Gasteiger partial charge is 0.481 e. The monoisotopic (exact) mass is 668 g/mol. The first-order valence-electron chi connectivity index (χ1n) is 15.9. The number of aromatic amines is 1. The molecule has 2 aliphatic heterocycles. The van der Waals surface area contributed by atoms with Gasteiger partial charge in [0.2, 0.25) is 17.7 Å². The fourth-order valence-electron chi connectivity index (χ4n) is 6.37. The molecule has 13 heteroatoms. The minimum Gasteiger partial charge on any atom is -0.481 e. The molecule has 1 atom stereocenters. The molecule has 0 unspecified atom stereocenters. The van der Waals surface area contributed by atoms with Crippen molar-refractivity contribution in [2.45, 2.75) is 70.3 Å². The number of rotatable bonds is 16. The highest BCUT2D eigenvalue weighted by Gasteiger charge is 2.26. The predicted octanol–water partition coefficient (Wildman–Crippen LogP) is 2.92. The van der Waals surface area contributed by atoms with E-state index in [4.69, 9.17) is 0 Å². The number of nitrogens with one attached hydrogen (secondary N) is 6. The molecule has 0 saturated carbocycles. The van der Waals surface area contributed by atoms with Gasteiger partial charge in [0.25, 0.3) is 0 Å². The molecule has 3 amide bonds. The maximum absolute atomic E-state index is 13.2. The molecule has 252 valence electrons. The Kier molecular flexibility index (Phi) is 17.3. The van der Waals surface area contributed by atoms with Crippen LogP contribution in [0.3, 0.4) is 0 Å². The molecule has 7 N–H and O–H groups in total. The number of piperidine rings is 2. The first-order valence-corrected chi connectivity index (χ1v) is 15.9. The SMILES string of the molecule is Cl.Cl.O=C(O)C[C@H](NC(=O)CNC(=O)C(CCC1CCNCC1)CCC1CCNCC1)C(=O)NCCc1cccc2[nH]ccc12. The van der Waals surface area contributed by atoms with Gasteiger partial charge in [-0.15, -0.1) is 24.8 Å². The van der Waals surface area contributed by atoms with Crippen molar-refractivity contribution in [3.05, 3.63) is 36.0 Å². The summed E-state index contributed by atoms with van der Waals surface area (Å²) in [6.07, 6.45) is 9.95. The molecule has 1 aromatic heterocycles. The fraction of sp³-hybridized carbons (Fsp3) is 0.625. The van der Waals surface area contributed by atoms with Crippen LogP contribution >= 0.6 is 24.8 Å². The molecule has 0 aliphatic carbocycles. The number of amides is 3. The number of benzene rings is 1. The van der Waals surface area contributed by atoms with Crippen molar-refractivity contribution in [2.24, 2.45) is 17.8 Å². The highest BCUT2D eigenvalue weighted by molar-refractivity contribution is 5.92. The molecule has 2 fully saturated rings. The molecular formula is C32H50Cl2N6O5. The van der Waals surface area contributed by atoms with Gasteiger partial charge in [-0.25, -0.2) is 0 Å². The van der Waals surface area contributed by atoms with Crippen molar-refractivity contribution in [1.29, 1.82) is 0 Å². The normalized spacial score (nSPS) is 16.3. The topological polar surface area (TPSA) is 164 Å². The number of halogens is 2. The lowest BCUT2D eigenvalue weighted by molar-refractivity contribution is -0.140. The third-order valence-corrected chi connectivity index (χ3v) is 8.97. The van der Waals surface area contributed by atoms with E-state index in [0.717, 1.165) is 94.0 Å². The van der Waals surface area contributed by atoms with E-state index in [-0.39, 0.29) is 43.2 Å². The molecule has 3 heterocycles. The summed E-state index contributed by atoms with van der Waals surface area (Å²) in [6, 6.07) is 6.62. The van der Waals surface area contributed by atoms with Crippen molar-refractivity contribution >= 4 is 59.4 Å². The predicted molar refractivity (Wildman–Crippen MR) is 180 cm³/mol. The number of hydrogen-bond donors (Lipinski definition) is 7. The molecule has 2 saturated heterocycles. The maximum atomic E-state index is 13.2. The fourth-order valence-corrected chi connectivity index (χ4v) is 6.37. The summed E-state index contributed by atoms with van der Waals surface area (Å²) < 4.78 is 0. The summed E-state index contributed by atoms with van der Waals surface area (Å²) in [6.45, 7) is 4.07. The molecule has 1 aromatic carbocycles. The number of carbonyl (C=O) groups excluding carboxylic acids is 3. The Balaban J connectivity index is 0.00000353. The second kappa shape index (κ2) is 20.3. The number of aliphatic carboxylic acids is 1. The van der Waals surface area contributed by atoms with Crippen molar-refractivity contribution in [3.63, 3.8) is 0 Å². The molecule has 0 bridgehead atoms. The lowest BCUT2D eigenvalue weighted by Gasteiger charge is -2.27. The summed E-state index contributed by atoms with van der Waals surface area (Å²) >= 11 is 0. The lowest BCUT2D eigenvalue weighted by Crippen LogP contribution is -2.51. The minimum absolute atomic E-state index is 0. The number of H-pyrrole nitrogens is 1. The smallest absolute Gasteiger partial charge is 0.305 e. The zero-order valence-electron chi connectivity index (χ0n) is 25.9. The first-order chi connectivity index (χ1) is 20.9. The van der Waals surface area contributed by atoms with E-state index in [1.165, 1.54) is 0 Å². The van der Waals surface area contributed by atoms with Gasteiger partial charge in [-0.2, -0.15) is 0 Å². The molecule has 2 aliphatic rings. The molecular weight excluding hydrogens is 619 g/mol. The Morgan fingerprint density at radius 1 is 0.844 bits per heavy atom. The number of hydrogen-bond acceptors (Lipinski definition) is 6. The summed E-state index contributed by atoms with van der Waals surface area (Å²) in [7, 11) is 0. The molecule has 45 heavy (non-hydrogen) atoms. The van der Waals surface area contributed by atoms with Crippen LogP contribution in [-0.2, 0) is 25.6 Å². The van der Waals surface area contributed by atoms with Crippen molar-refractivity contribution < 1.29 is 24.3 Å². The Morgan fingerprint density at radius 2 is 1.47 bits per heavy atom. The second-order valence-corrected chi connectivity index (χ2v) is 12.1. The van der Waals surface area contributed by atoms with Crippen LogP contribution in [0.1, 0.15) is 63.4 Å². The van der Waals surface area contributed by atoms with E-state index >= 15 is 0 Å². The van der Waals surface area contributed by atoms with Crippen LogP contribution in [0.15, 0.2) is 30.5 Å². The zero-order chi connectivity index (χ0) is 30.4.